The van der Waals surface area contributed by atoms with E-state index in [2.05, 4.69) is 153 Å². The summed E-state index contributed by atoms with van der Waals surface area (Å²) in [4.78, 5) is 25.6. The average Bonchev–Trinajstić information content (AvgIpc) is 4.14. The summed E-state index contributed by atoms with van der Waals surface area (Å²) in [7, 11) is 7.24. The topological polar surface area (TPSA) is 71.1 Å². The van der Waals surface area contributed by atoms with Crippen LogP contribution < -0.4 is 0 Å². The van der Waals surface area contributed by atoms with E-state index in [0.717, 1.165) is 106 Å². The van der Waals surface area contributed by atoms with Gasteiger partial charge in [0.05, 0.1) is 24.4 Å². The van der Waals surface area contributed by atoms with Crippen LogP contribution in [0.1, 0.15) is 159 Å². The van der Waals surface area contributed by atoms with Crippen LogP contribution >= 0.6 is 63.7 Å². The van der Waals surface area contributed by atoms with Gasteiger partial charge < -0.3 is 18.9 Å². The Bertz CT molecular complexity index is 2480. The van der Waals surface area contributed by atoms with Gasteiger partial charge >= 0.3 is 0 Å². The molecule has 0 saturated heterocycles. The summed E-state index contributed by atoms with van der Waals surface area (Å²) in [5, 5.41) is 0. The fourth-order valence-corrected chi connectivity index (χ4v) is 17.4. The molecule has 408 valence electrons. The first-order chi connectivity index (χ1) is 36.2. The minimum Gasteiger partial charge on any atom is -0.381 e. The van der Waals surface area contributed by atoms with Crippen LogP contribution in [0.5, 0.6) is 0 Å². The van der Waals surface area contributed by atoms with Crippen LogP contribution in [0.25, 0.3) is 11.1 Å². The summed E-state index contributed by atoms with van der Waals surface area (Å²) >= 11 is 14.1. The van der Waals surface area contributed by atoms with Crippen molar-refractivity contribution in [3.05, 3.63) is 148 Å². The Balaban J connectivity index is 0.000000124. The van der Waals surface area contributed by atoms with Crippen LogP contribution in [-0.2, 0) is 44.6 Å². The van der Waals surface area contributed by atoms with E-state index >= 15 is 0 Å². The number of halogens is 4. The average molecular weight is 1290 g/mol. The zero-order valence-corrected chi connectivity index (χ0v) is 52.6. The summed E-state index contributed by atoms with van der Waals surface area (Å²) in [6.45, 7) is 17.9. The largest absolute Gasteiger partial charge is 0.381 e. The second-order valence-electron chi connectivity index (χ2n) is 24.6. The molecular formula is C66H80Br4O6. The Morgan fingerprint density at radius 2 is 0.632 bits per heavy atom. The molecule has 0 unspecified atom stereocenters. The van der Waals surface area contributed by atoms with Gasteiger partial charge in [0.15, 0.2) is 11.6 Å². The highest BCUT2D eigenvalue weighted by atomic mass is 79.9. The molecule has 10 heteroatoms. The van der Waals surface area contributed by atoms with Crippen molar-refractivity contribution in [1.29, 1.82) is 0 Å². The highest BCUT2D eigenvalue weighted by molar-refractivity contribution is 9.11. The van der Waals surface area contributed by atoms with E-state index in [4.69, 9.17) is 18.9 Å². The van der Waals surface area contributed by atoms with Gasteiger partial charge in [-0.3, -0.25) is 9.59 Å². The van der Waals surface area contributed by atoms with Gasteiger partial charge in [0.2, 0.25) is 0 Å². The van der Waals surface area contributed by atoms with Crippen LogP contribution in [0.15, 0.2) is 104 Å². The fourth-order valence-electron chi connectivity index (χ4n) is 16.0. The van der Waals surface area contributed by atoms with E-state index in [9.17, 15) is 9.59 Å². The predicted molar refractivity (Wildman–Crippen MR) is 323 cm³/mol. The first-order valence-electron chi connectivity index (χ1n) is 28.0. The molecule has 0 aromatic heterocycles. The number of fused-ring (bicyclic) bond motifs is 4. The predicted octanol–water partition coefficient (Wildman–Crippen LogP) is 17.7. The molecule has 0 N–H and O–H groups in total. The van der Waals surface area contributed by atoms with Crippen molar-refractivity contribution in [1.82, 2.24) is 0 Å². The summed E-state index contributed by atoms with van der Waals surface area (Å²) in [6.07, 6.45) is 18.6. The monoisotopic (exact) mass is 1280 g/mol. The number of Topliss-reactive ketones (excluding diaryl/α,β-unsaturated/α-hetero) is 2. The lowest BCUT2D eigenvalue weighted by Gasteiger charge is -2.41. The van der Waals surface area contributed by atoms with Gasteiger partial charge in [-0.1, -0.05) is 129 Å². The van der Waals surface area contributed by atoms with E-state index in [1.54, 1.807) is 14.2 Å². The maximum absolute atomic E-state index is 12.8. The minimum absolute atomic E-state index is 0.155. The highest BCUT2D eigenvalue weighted by Crippen LogP contribution is 2.58. The summed E-state index contributed by atoms with van der Waals surface area (Å²) in [5.41, 5.74) is 12.9. The van der Waals surface area contributed by atoms with Crippen LogP contribution in [0.3, 0.4) is 0 Å². The lowest BCUT2D eigenvalue weighted by atomic mass is 9.65. The third kappa shape index (κ3) is 11.3. The first kappa shape index (κ1) is 58.1. The number of ether oxygens (including phenoxy) is 4. The van der Waals surface area contributed by atoms with Crippen molar-refractivity contribution >= 4 is 86.4 Å². The van der Waals surface area contributed by atoms with E-state index in [-0.39, 0.29) is 21.7 Å². The van der Waals surface area contributed by atoms with Crippen molar-refractivity contribution in [3.63, 3.8) is 0 Å². The van der Waals surface area contributed by atoms with E-state index in [0.29, 0.717) is 59.7 Å². The molecule has 0 bridgehead atoms. The summed E-state index contributed by atoms with van der Waals surface area (Å²) in [5.74, 6) is 2.86. The molecule has 4 fully saturated rings. The van der Waals surface area contributed by atoms with E-state index in [1.165, 1.54) is 70.2 Å². The standard InChI is InChI=1S/2C17H21BrO.2C16H19BrO2/c2*1-11-9-17(7-6-16(11)19-3)10-13-4-5-14(18)8-15(13)12(17)2;2*1-10-8-16(6-5-14(10)19-2)9-11-3-4-12(17)7-13(11)15(16)18/h2*4-5,8,11,16H,2,6-7,9-10H2,1,3H3;2*3-4,7,10,14H,5-6,8-9H2,1-2H3/t2*11-,16-,17-;2*10-,14-,16-/m1010/s1. The molecule has 0 amide bonds. The molecule has 76 heavy (non-hydrogen) atoms. The van der Waals surface area contributed by atoms with Crippen LogP contribution in [0, 0.1) is 45.3 Å². The van der Waals surface area contributed by atoms with Crippen molar-refractivity contribution in [2.75, 3.05) is 28.4 Å². The lowest BCUT2D eigenvalue weighted by Crippen LogP contribution is -2.40. The van der Waals surface area contributed by atoms with Gasteiger partial charge in [0, 0.05) is 68.3 Å². The number of hydrogen-bond donors (Lipinski definition) is 0. The second kappa shape index (κ2) is 23.5. The number of allylic oxidation sites excluding steroid dienone is 2. The number of ketones is 2. The van der Waals surface area contributed by atoms with Gasteiger partial charge in [0.1, 0.15) is 0 Å². The quantitative estimate of drug-likeness (QED) is 0.203. The van der Waals surface area contributed by atoms with Gasteiger partial charge in [-0.25, -0.2) is 0 Å². The smallest absolute Gasteiger partial charge is 0.169 e. The number of benzene rings is 4. The maximum Gasteiger partial charge on any atom is 0.169 e. The van der Waals surface area contributed by atoms with Gasteiger partial charge in [-0.2, -0.15) is 0 Å². The molecule has 12 atom stereocenters. The first-order valence-corrected chi connectivity index (χ1v) is 31.1. The zero-order valence-electron chi connectivity index (χ0n) is 46.2. The zero-order chi connectivity index (χ0) is 54.5. The summed E-state index contributed by atoms with van der Waals surface area (Å²) < 4.78 is 26.5. The molecule has 6 nitrogen and oxygen atoms in total. The van der Waals surface area contributed by atoms with Crippen molar-refractivity contribution in [2.24, 2.45) is 45.3 Å². The molecule has 4 aromatic rings. The molecule has 12 rings (SSSR count). The molecule has 8 aliphatic carbocycles. The Morgan fingerprint density at radius 1 is 0.395 bits per heavy atom. The molecule has 0 aliphatic heterocycles. The fraction of sp³-hybridized carbons (Fsp3) is 0.545. The van der Waals surface area contributed by atoms with Gasteiger partial charge in [0.25, 0.3) is 0 Å². The highest BCUT2D eigenvalue weighted by Gasteiger charge is 2.52. The number of hydrogen-bond acceptors (Lipinski definition) is 6. The normalized spacial score (nSPS) is 33.7. The maximum atomic E-state index is 12.8. The van der Waals surface area contributed by atoms with Gasteiger partial charge in [-0.05, 0) is 230 Å². The third-order valence-electron chi connectivity index (χ3n) is 20.0. The van der Waals surface area contributed by atoms with E-state index in [1.807, 2.05) is 38.5 Å². The van der Waals surface area contributed by atoms with E-state index < -0.39 is 0 Å². The lowest BCUT2D eigenvalue weighted by molar-refractivity contribution is -0.00692. The van der Waals surface area contributed by atoms with Crippen molar-refractivity contribution in [3.8, 4) is 0 Å². The molecule has 0 heterocycles. The molecule has 4 saturated carbocycles. The molecule has 4 aromatic carbocycles. The Morgan fingerprint density at radius 3 is 0.908 bits per heavy atom. The molecule has 0 radical (unpaired) electrons. The molecule has 8 aliphatic rings. The van der Waals surface area contributed by atoms with Crippen LogP contribution in [0.2, 0.25) is 0 Å². The summed E-state index contributed by atoms with van der Waals surface area (Å²) in [6, 6.07) is 25.5. The molecule has 4 spiro atoms. The Hall–Kier alpha value is -2.54. The van der Waals surface area contributed by atoms with Gasteiger partial charge in [-0.15, -0.1) is 0 Å². The van der Waals surface area contributed by atoms with Crippen LogP contribution in [-0.4, -0.2) is 64.4 Å². The number of rotatable bonds is 4. The van der Waals surface area contributed by atoms with Crippen LogP contribution in [0.4, 0.5) is 0 Å². The second-order valence-corrected chi connectivity index (χ2v) is 28.3. The Kier molecular flexibility index (Phi) is 18.0. The van der Waals surface area contributed by atoms with Crippen molar-refractivity contribution in [2.45, 2.75) is 155 Å². The minimum atomic E-state index is -0.155. The Labute approximate surface area is 488 Å². The number of carbonyl (C=O) groups excluding carboxylic acids is 2. The number of methoxy groups -OCH3 is 4. The van der Waals surface area contributed by atoms with Crippen molar-refractivity contribution < 1.29 is 28.5 Å². The third-order valence-corrected chi connectivity index (χ3v) is 22.0. The SMILES string of the molecule is C=C1c2cc(Br)ccc2C[C@@]12CC[C@H](OC)[C@@H](C)C2.C=C1c2cc(Br)ccc2C[C@]12CC[C@@H](OC)[C@H](C)C2.CO[C@@H]1CC[C@]2(Cc3ccc(Br)cc3C2=O)C[C@H]1C.CO[C@H]1CC[C@@]2(Cc3ccc(Br)cc3C2=O)C[C@@H]1C. The number of carbonyl (C=O) groups is 2. The molecular weight excluding hydrogens is 1210 g/mol.